The molecule has 4 rings (SSSR count). The predicted octanol–water partition coefficient (Wildman–Crippen LogP) is 3.81. The summed E-state index contributed by atoms with van der Waals surface area (Å²) in [7, 11) is 0. The van der Waals surface area contributed by atoms with Crippen molar-refractivity contribution in [2.24, 2.45) is 0 Å². The van der Waals surface area contributed by atoms with Crippen molar-refractivity contribution in [1.82, 2.24) is 9.80 Å². The highest BCUT2D eigenvalue weighted by Gasteiger charge is 2.26. The Morgan fingerprint density at radius 2 is 1.74 bits per heavy atom. The van der Waals surface area contributed by atoms with Crippen LogP contribution in [0.15, 0.2) is 18.2 Å². The molecule has 0 spiro atoms. The number of hydrogen-bond acceptors (Lipinski definition) is 3. The molecule has 27 heavy (non-hydrogen) atoms. The third kappa shape index (κ3) is 4.84. The SMILES string of the molecule is O=C(CCCOc1ccc2c(c1)CCN(C1CCC1)CC2)N1CCCCC1. The molecular weight excluding hydrogens is 336 g/mol. The average molecular weight is 371 g/mol. The van der Waals surface area contributed by atoms with E-state index in [-0.39, 0.29) is 0 Å². The van der Waals surface area contributed by atoms with Gasteiger partial charge in [-0.15, -0.1) is 0 Å². The summed E-state index contributed by atoms with van der Waals surface area (Å²) < 4.78 is 5.97. The van der Waals surface area contributed by atoms with Crippen LogP contribution in [0.3, 0.4) is 0 Å². The van der Waals surface area contributed by atoms with Crippen molar-refractivity contribution in [3.05, 3.63) is 29.3 Å². The zero-order chi connectivity index (χ0) is 18.5. The molecule has 1 saturated carbocycles. The Hall–Kier alpha value is -1.55. The Morgan fingerprint density at radius 1 is 0.963 bits per heavy atom. The fourth-order valence-corrected chi connectivity index (χ4v) is 4.64. The first kappa shape index (κ1) is 18.8. The standard InChI is InChI=1S/C23H34N2O2/c26-23(25-13-2-1-3-14-25)8-5-17-27-22-10-9-19-11-15-24(21-6-4-7-21)16-12-20(19)18-22/h9-10,18,21H,1-8,11-17H2. The summed E-state index contributed by atoms with van der Waals surface area (Å²) >= 11 is 0. The second kappa shape index (κ2) is 9.09. The van der Waals surface area contributed by atoms with Crippen LogP contribution in [0.1, 0.15) is 62.5 Å². The van der Waals surface area contributed by atoms with Gasteiger partial charge in [-0.3, -0.25) is 9.69 Å². The van der Waals surface area contributed by atoms with E-state index in [0.29, 0.717) is 18.9 Å². The van der Waals surface area contributed by atoms with Crippen LogP contribution in [0.4, 0.5) is 0 Å². The van der Waals surface area contributed by atoms with Gasteiger partial charge >= 0.3 is 0 Å². The van der Waals surface area contributed by atoms with Gasteiger partial charge in [0.05, 0.1) is 6.61 Å². The molecular formula is C23H34N2O2. The number of fused-ring (bicyclic) bond motifs is 1. The van der Waals surface area contributed by atoms with E-state index in [1.165, 1.54) is 49.9 Å². The number of nitrogens with zero attached hydrogens (tertiary/aromatic N) is 2. The van der Waals surface area contributed by atoms with Gasteiger partial charge < -0.3 is 9.64 Å². The first-order valence-electron chi connectivity index (χ1n) is 11.1. The molecule has 2 fully saturated rings. The van der Waals surface area contributed by atoms with Crippen LogP contribution in [0, 0.1) is 0 Å². The highest BCUT2D eigenvalue weighted by atomic mass is 16.5. The number of hydrogen-bond donors (Lipinski definition) is 0. The summed E-state index contributed by atoms with van der Waals surface area (Å²) in [5.74, 6) is 1.27. The lowest BCUT2D eigenvalue weighted by molar-refractivity contribution is -0.132. The molecule has 0 atom stereocenters. The molecule has 1 amide bonds. The van der Waals surface area contributed by atoms with Gasteiger partial charge in [-0.1, -0.05) is 12.5 Å². The van der Waals surface area contributed by atoms with E-state index in [1.54, 1.807) is 0 Å². The molecule has 1 aliphatic carbocycles. The Labute approximate surface area is 163 Å². The van der Waals surface area contributed by atoms with Crippen molar-refractivity contribution in [3.63, 3.8) is 0 Å². The van der Waals surface area contributed by atoms with Gasteiger partial charge in [0.25, 0.3) is 0 Å². The van der Waals surface area contributed by atoms with Crippen LogP contribution >= 0.6 is 0 Å². The molecule has 0 radical (unpaired) electrons. The molecule has 1 aromatic carbocycles. The normalized spacial score (nSPS) is 21.3. The number of carbonyl (C=O) groups excluding carboxylic acids is 1. The van der Waals surface area contributed by atoms with Gasteiger partial charge in [0, 0.05) is 38.6 Å². The lowest BCUT2D eigenvalue weighted by Gasteiger charge is -2.36. The van der Waals surface area contributed by atoms with Crippen molar-refractivity contribution >= 4 is 5.91 Å². The molecule has 1 aromatic rings. The van der Waals surface area contributed by atoms with Crippen LogP contribution in [0.2, 0.25) is 0 Å². The van der Waals surface area contributed by atoms with E-state index in [1.807, 2.05) is 4.90 Å². The molecule has 4 heteroatoms. The van der Waals surface area contributed by atoms with Gasteiger partial charge in [0.15, 0.2) is 0 Å². The molecule has 4 nitrogen and oxygen atoms in total. The fourth-order valence-electron chi connectivity index (χ4n) is 4.64. The Kier molecular flexibility index (Phi) is 6.33. The molecule has 0 aromatic heterocycles. The molecule has 3 aliphatic rings. The summed E-state index contributed by atoms with van der Waals surface area (Å²) in [6.07, 6.45) is 11.5. The maximum absolute atomic E-state index is 12.2. The summed E-state index contributed by atoms with van der Waals surface area (Å²) in [6.45, 7) is 4.92. The Bertz CT molecular complexity index is 635. The van der Waals surface area contributed by atoms with Crippen LogP contribution in [0.5, 0.6) is 5.75 Å². The van der Waals surface area contributed by atoms with Crippen molar-refractivity contribution in [1.29, 1.82) is 0 Å². The van der Waals surface area contributed by atoms with E-state index >= 15 is 0 Å². The van der Waals surface area contributed by atoms with E-state index in [2.05, 4.69) is 23.1 Å². The second-order valence-corrected chi connectivity index (χ2v) is 8.44. The predicted molar refractivity (Wildman–Crippen MR) is 108 cm³/mol. The third-order valence-corrected chi connectivity index (χ3v) is 6.62. The summed E-state index contributed by atoms with van der Waals surface area (Å²) in [6, 6.07) is 7.46. The topological polar surface area (TPSA) is 32.8 Å². The van der Waals surface area contributed by atoms with Crippen LogP contribution in [0.25, 0.3) is 0 Å². The summed E-state index contributed by atoms with van der Waals surface area (Å²) in [5, 5.41) is 0. The third-order valence-electron chi connectivity index (χ3n) is 6.62. The lowest BCUT2D eigenvalue weighted by Crippen LogP contribution is -2.41. The minimum Gasteiger partial charge on any atom is -0.494 e. The highest BCUT2D eigenvalue weighted by Crippen LogP contribution is 2.28. The zero-order valence-electron chi connectivity index (χ0n) is 16.6. The van der Waals surface area contributed by atoms with Crippen molar-refractivity contribution in [2.45, 2.75) is 70.3 Å². The van der Waals surface area contributed by atoms with Crippen LogP contribution < -0.4 is 4.74 Å². The fraction of sp³-hybridized carbons (Fsp3) is 0.696. The van der Waals surface area contributed by atoms with E-state index in [0.717, 1.165) is 57.0 Å². The molecule has 1 saturated heterocycles. The van der Waals surface area contributed by atoms with Crippen LogP contribution in [-0.2, 0) is 17.6 Å². The number of amides is 1. The zero-order valence-corrected chi connectivity index (χ0v) is 16.6. The number of ether oxygens (including phenoxy) is 1. The Morgan fingerprint density at radius 3 is 2.48 bits per heavy atom. The quantitative estimate of drug-likeness (QED) is 0.714. The molecule has 2 aliphatic heterocycles. The average Bonchev–Trinajstić information content (AvgIpc) is 2.87. The van der Waals surface area contributed by atoms with Gasteiger partial charge in [-0.2, -0.15) is 0 Å². The first-order valence-corrected chi connectivity index (χ1v) is 11.1. The van der Waals surface area contributed by atoms with Gasteiger partial charge in [0.2, 0.25) is 5.91 Å². The van der Waals surface area contributed by atoms with Crippen molar-refractivity contribution in [2.75, 3.05) is 32.8 Å². The second-order valence-electron chi connectivity index (χ2n) is 8.44. The monoisotopic (exact) mass is 370 g/mol. The highest BCUT2D eigenvalue weighted by molar-refractivity contribution is 5.76. The number of rotatable bonds is 6. The number of benzene rings is 1. The molecule has 0 N–H and O–H groups in total. The molecule has 0 bridgehead atoms. The van der Waals surface area contributed by atoms with E-state index < -0.39 is 0 Å². The number of piperidine rings is 1. The molecule has 148 valence electrons. The van der Waals surface area contributed by atoms with Gasteiger partial charge in [-0.25, -0.2) is 0 Å². The first-order chi connectivity index (χ1) is 13.3. The Balaban J connectivity index is 1.22. The summed E-state index contributed by atoms with van der Waals surface area (Å²) in [5.41, 5.74) is 2.95. The molecule has 2 heterocycles. The number of likely N-dealkylation sites (tertiary alicyclic amines) is 1. The maximum atomic E-state index is 12.2. The number of carbonyl (C=O) groups is 1. The van der Waals surface area contributed by atoms with Crippen molar-refractivity contribution in [3.8, 4) is 5.75 Å². The lowest BCUT2D eigenvalue weighted by atomic mass is 9.91. The van der Waals surface area contributed by atoms with Crippen LogP contribution in [-0.4, -0.2) is 54.5 Å². The summed E-state index contributed by atoms with van der Waals surface area (Å²) in [4.78, 5) is 16.9. The minimum atomic E-state index is 0.302. The van der Waals surface area contributed by atoms with E-state index in [9.17, 15) is 4.79 Å². The van der Waals surface area contributed by atoms with Gasteiger partial charge in [0.1, 0.15) is 5.75 Å². The van der Waals surface area contributed by atoms with E-state index in [4.69, 9.17) is 4.74 Å². The van der Waals surface area contributed by atoms with Crippen molar-refractivity contribution < 1.29 is 9.53 Å². The molecule has 0 unspecified atom stereocenters. The van der Waals surface area contributed by atoms with Gasteiger partial charge in [-0.05, 0) is 74.6 Å². The largest absolute Gasteiger partial charge is 0.494 e. The maximum Gasteiger partial charge on any atom is 0.222 e. The smallest absolute Gasteiger partial charge is 0.222 e. The minimum absolute atomic E-state index is 0.302.